The molecule has 0 atom stereocenters. The van der Waals surface area contributed by atoms with E-state index in [1.165, 1.54) is 36.7 Å². The molecule has 0 N–H and O–H groups in total. The zero-order valence-corrected chi connectivity index (χ0v) is 18.5. The lowest BCUT2D eigenvalue weighted by Gasteiger charge is -2.36. The van der Waals surface area contributed by atoms with E-state index in [0.717, 1.165) is 22.4 Å². The Morgan fingerprint density at radius 1 is 1.00 bits per heavy atom. The monoisotopic (exact) mass is 494 g/mol. The van der Waals surface area contributed by atoms with Crippen molar-refractivity contribution in [1.82, 2.24) is 14.5 Å². The number of piperazine rings is 1. The van der Waals surface area contributed by atoms with E-state index in [4.69, 9.17) is 11.6 Å². The minimum Gasteiger partial charge on any atom is -0.368 e. The molecule has 4 rings (SSSR count). The third-order valence-electron chi connectivity index (χ3n) is 5.59. The number of hydrogen-bond donors (Lipinski definition) is 0. The second-order valence-electron chi connectivity index (χ2n) is 7.78. The number of carbonyl (C=O) groups is 1. The average Bonchev–Trinajstić information content (AvgIpc) is 2.82. The van der Waals surface area contributed by atoms with Crippen LogP contribution in [0.1, 0.15) is 5.56 Å². The van der Waals surface area contributed by atoms with Crippen LogP contribution < -0.4 is 10.5 Å². The molecule has 178 valence electrons. The maximum Gasteiger partial charge on any atom is 0.416 e. The summed E-state index contributed by atoms with van der Waals surface area (Å²) in [4.78, 5) is 32.9. The van der Waals surface area contributed by atoms with Gasteiger partial charge in [-0.15, -0.1) is 0 Å². The Kier molecular flexibility index (Phi) is 6.60. The molecule has 2 heterocycles. The normalized spacial score (nSPS) is 14.4. The number of alkyl halides is 3. The van der Waals surface area contributed by atoms with Crippen molar-refractivity contribution in [2.24, 2.45) is 0 Å². The quantitative estimate of drug-likeness (QED) is 0.513. The standard InChI is InChI=1S/C23H19ClF4N4O2/c24-18-11-17(5-6-19(18)25)30-7-9-31(10-8-30)22(34)13-32-14-29-20(12-21(32)33)15-1-3-16(4-2-15)23(26,27)28/h1-6,11-12,14H,7-10,13H2. The fourth-order valence-electron chi connectivity index (χ4n) is 3.67. The topological polar surface area (TPSA) is 58.4 Å². The smallest absolute Gasteiger partial charge is 0.368 e. The van der Waals surface area contributed by atoms with Gasteiger partial charge in [0, 0.05) is 43.5 Å². The molecule has 1 aromatic heterocycles. The molecular weight excluding hydrogens is 476 g/mol. The van der Waals surface area contributed by atoms with Crippen LogP contribution in [0.3, 0.4) is 0 Å². The van der Waals surface area contributed by atoms with Crippen LogP contribution in [0.4, 0.5) is 23.2 Å². The molecule has 1 fully saturated rings. The van der Waals surface area contributed by atoms with Gasteiger partial charge in [-0.05, 0) is 30.3 Å². The lowest BCUT2D eigenvalue weighted by atomic mass is 10.1. The number of anilines is 1. The van der Waals surface area contributed by atoms with Crippen molar-refractivity contribution in [2.75, 3.05) is 31.1 Å². The Hall–Kier alpha value is -3.40. The van der Waals surface area contributed by atoms with E-state index in [0.29, 0.717) is 31.7 Å². The first-order valence-electron chi connectivity index (χ1n) is 10.3. The van der Waals surface area contributed by atoms with Gasteiger partial charge in [0.05, 0.1) is 22.6 Å². The van der Waals surface area contributed by atoms with Crippen molar-refractivity contribution in [3.63, 3.8) is 0 Å². The van der Waals surface area contributed by atoms with Crippen molar-refractivity contribution in [2.45, 2.75) is 12.7 Å². The Bertz CT molecular complexity index is 1250. The largest absolute Gasteiger partial charge is 0.416 e. The van der Waals surface area contributed by atoms with Crippen LogP contribution in [0.5, 0.6) is 0 Å². The van der Waals surface area contributed by atoms with E-state index in [9.17, 15) is 27.2 Å². The Balaban J connectivity index is 1.38. The lowest BCUT2D eigenvalue weighted by molar-refractivity contribution is -0.137. The van der Waals surface area contributed by atoms with E-state index >= 15 is 0 Å². The molecule has 1 saturated heterocycles. The van der Waals surface area contributed by atoms with E-state index in [-0.39, 0.29) is 23.2 Å². The van der Waals surface area contributed by atoms with Crippen molar-refractivity contribution < 1.29 is 22.4 Å². The second kappa shape index (κ2) is 9.46. The first-order chi connectivity index (χ1) is 16.1. The number of aromatic nitrogens is 2. The molecular formula is C23H19ClF4N4O2. The minimum atomic E-state index is -4.45. The third-order valence-corrected chi connectivity index (χ3v) is 5.88. The highest BCUT2D eigenvalue weighted by molar-refractivity contribution is 6.31. The highest BCUT2D eigenvalue weighted by Crippen LogP contribution is 2.30. The second-order valence-corrected chi connectivity index (χ2v) is 8.19. The molecule has 1 aliphatic rings. The summed E-state index contributed by atoms with van der Waals surface area (Å²) in [7, 11) is 0. The van der Waals surface area contributed by atoms with Gasteiger partial charge < -0.3 is 9.80 Å². The van der Waals surface area contributed by atoms with Gasteiger partial charge in [0.2, 0.25) is 5.91 Å². The fraction of sp³-hybridized carbons (Fsp3) is 0.261. The van der Waals surface area contributed by atoms with Gasteiger partial charge in [-0.1, -0.05) is 23.7 Å². The zero-order chi connectivity index (χ0) is 24.5. The molecule has 0 spiro atoms. The van der Waals surface area contributed by atoms with Gasteiger partial charge in [0.15, 0.2) is 0 Å². The highest BCUT2D eigenvalue weighted by Gasteiger charge is 2.30. The zero-order valence-electron chi connectivity index (χ0n) is 17.7. The van der Waals surface area contributed by atoms with Crippen molar-refractivity contribution in [3.05, 3.63) is 81.6 Å². The van der Waals surface area contributed by atoms with E-state index in [2.05, 4.69) is 4.98 Å². The third kappa shape index (κ3) is 5.22. The molecule has 0 bridgehead atoms. The molecule has 0 unspecified atom stereocenters. The number of carbonyl (C=O) groups excluding carboxylic acids is 1. The molecule has 6 nitrogen and oxygen atoms in total. The fourth-order valence-corrected chi connectivity index (χ4v) is 3.85. The van der Waals surface area contributed by atoms with Crippen molar-refractivity contribution in [3.8, 4) is 11.3 Å². The molecule has 11 heteroatoms. The first-order valence-corrected chi connectivity index (χ1v) is 10.7. The van der Waals surface area contributed by atoms with Gasteiger partial charge in [0.25, 0.3) is 5.56 Å². The predicted molar refractivity (Wildman–Crippen MR) is 119 cm³/mol. The van der Waals surface area contributed by atoms with Gasteiger partial charge in [-0.3, -0.25) is 14.2 Å². The van der Waals surface area contributed by atoms with Crippen LogP contribution in [-0.4, -0.2) is 46.5 Å². The highest BCUT2D eigenvalue weighted by atomic mass is 35.5. The minimum absolute atomic E-state index is 0.0302. The van der Waals surface area contributed by atoms with Crippen LogP contribution in [0, 0.1) is 5.82 Å². The number of benzene rings is 2. The summed E-state index contributed by atoms with van der Waals surface area (Å²) in [5.41, 5.74) is 0.0583. The number of halogens is 5. The molecule has 1 aliphatic heterocycles. The van der Waals surface area contributed by atoms with Gasteiger partial charge in [-0.25, -0.2) is 9.37 Å². The lowest BCUT2D eigenvalue weighted by Crippen LogP contribution is -2.50. The number of hydrogen-bond acceptors (Lipinski definition) is 4. The SMILES string of the molecule is O=C(Cn1cnc(-c2ccc(C(F)(F)F)cc2)cc1=O)N1CCN(c2ccc(F)c(Cl)c2)CC1. The number of rotatable bonds is 4. The number of amides is 1. The molecule has 3 aromatic rings. The van der Waals surface area contributed by atoms with Crippen LogP contribution in [0.15, 0.2) is 59.7 Å². The molecule has 1 amide bonds. The van der Waals surface area contributed by atoms with Gasteiger partial charge in [0.1, 0.15) is 12.4 Å². The average molecular weight is 495 g/mol. The molecule has 0 saturated carbocycles. The van der Waals surface area contributed by atoms with Gasteiger partial charge in [-0.2, -0.15) is 13.2 Å². The summed E-state index contributed by atoms with van der Waals surface area (Å²) in [6.07, 6.45) is -3.24. The van der Waals surface area contributed by atoms with Crippen LogP contribution in [0.25, 0.3) is 11.3 Å². The van der Waals surface area contributed by atoms with Crippen LogP contribution in [0.2, 0.25) is 5.02 Å². The summed E-state index contributed by atoms with van der Waals surface area (Å²) >= 11 is 5.84. The Labute approximate surface area is 197 Å². The van der Waals surface area contributed by atoms with E-state index in [1.54, 1.807) is 11.0 Å². The summed E-state index contributed by atoms with van der Waals surface area (Å²) in [6.45, 7) is 1.67. The predicted octanol–water partition coefficient (Wildman–Crippen LogP) is 4.07. The number of nitrogens with zero attached hydrogens (tertiary/aromatic N) is 4. The molecule has 0 aliphatic carbocycles. The maximum atomic E-state index is 13.4. The van der Waals surface area contributed by atoms with Gasteiger partial charge >= 0.3 is 6.18 Å². The maximum absolute atomic E-state index is 13.4. The van der Waals surface area contributed by atoms with Crippen LogP contribution >= 0.6 is 11.6 Å². The summed E-state index contributed by atoms with van der Waals surface area (Å²) in [6, 6.07) is 9.98. The van der Waals surface area contributed by atoms with Crippen LogP contribution in [-0.2, 0) is 17.5 Å². The Morgan fingerprint density at radius 2 is 1.68 bits per heavy atom. The first kappa shape index (κ1) is 23.7. The molecule has 34 heavy (non-hydrogen) atoms. The van der Waals surface area contributed by atoms with Crippen molar-refractivity contribution in [1.29, 1.82) is 0 Å². The Morgan fingerprint density at radius 3 is 2.26 bits per heavy atom. The van der Waals surface area contributed by atoms with E-state index in [1.807, 2.05) is 4.90 Å². The summed E-state index contributed by atoms with van der Waals surface area (Å²) in [5, 5.41) is 0.0302. The van der Waals surface area contributed by atoms with Crippen molar-refractivity contribution >= 4 is 23.2 Å². The summed E-state index contributed by atoms with van der Waals surface area (Å²) < 4.78 is 52.7. The summed E-state index contributed by atoms with van der Waals surface area (Å²) in [5.74, 6) is -0.759. The van der Waals surface area contributed by atoms with E-state index < -0.39 is 23.1 Å². The molecule has 0 radical (unpaired) electrons. The molecule has 2 aromatic carbocycles.